The number of phosphoric ester groups is 1. The number of carboxylic acid groups (broad SMARTS) is 1. The standard InChI is InChI=1S/C51H94NO9P/c1-3-5-7-9-11-13-15-17-19-21-23-24-26-28-30-32-34-36-38-40-42-44-58-45-48(46-59-62(56,57)60-47-49(52)51(54)55)61-50(53)43-41-39-37-35-33-31-29-27-25-22-20-18-16-14-12-10-8-6-4-2/h6,8,12,14,18,20,25,27,48-49H,3-5,7,9-11,13,15-17,19,21-24,26,28-47,52H2,1-2H3,(H,54,55)(H,56,57)/b8-6-,14-12-,20-18-,27-25-. The molecule has 0 aliphatic carbocycles. The number of rotatable bonds is 48. The van der Waals surface area contributed by atoms with Crippen LogP contribution in [0.15, 0.2) is 48.6 Å². The van der Waals surface area contributed by atoms with Gasteiger partial charge in [0.25, 0.3) is 0 Å². The van der Waals surface area contributed by atoms with Gasteiger partial charge in [-0.1, -0.05) is 217 Å². The molecule has 0 aromatic carbocycles. The van der Waals surface area contributed by atoms with Crippen LogP contribution >= 0.6 is 7.82 Å². The Morgan fingerprint density at radius 3 is 1.40 bits per heavy atom. The third kappa shape index (κ3) is 45.9. The van der Waals surface area contributed by atoms with Gasteiger partial charge in [-0.2, -0.15) is 0 Å². The van der Waals surface area contributed by atoms with E-state index in [4.69, 9.17) is 29.4 Å². The van der Waals surface area contributed by atoms with Crippen molar-refractivity contribution in [2.24, 2.45) is 5.73 Å². The van der Waals surface area contributed by atoms with Crippen LogP contribution in [0.3, 0.4) is 0 Å². The first-order valence-corrected chi connectivity index (χ1v) is 26.7. The fraction of sp³-hybridized carbons (Fsp3) is 0.804. The zero-order chi connectivity index (χ0) is 45.5. The maximum atomic E-state index is 12.7. The van der Waals surface area contributed by atoms with E-state index >= 15 is 0 Å². The molecule has 0 amide bonds. The number of allylic oxidation sites excluding steroid dienone is 8. The maximum Gasteiger partial charge on any atom is 0.472 e. The number of unbranched alkanes of at least 4 members (excludes halogenated alkanes) is 26. The second-order valence-corrected chi connectivity index (χ2v) is 18.4. The Morgan fingerprint density at radius 1 is 0.532 bits per heavy atom. The number of ether oxygens (including phenoxy) is 2. The lowest BCUT2D eigenvalue weighted by Gasteiger charge is -2.20. The first kappa shape index (κ1) is 59.9. The Hall–Kier alpha value is -2.07. The highest BCUT2D eigenvalue weighted by molar-refractivity contribution is 7.47. The van der Waals surface area contributed by atoms with E-state index in [-0.39, 0.29) is 13.0 Å². The topological polar surface area (TPSA) is 155 Å². The van der Waals surface area contributed by atoms with Crippen LogP contribution in [0.4, 0.5) is 0 Å². The van der Waals surface area contributed by atoms with E-state index < -0.39 is 45.1 Å². The summed E-state index contributed by atoms with van der Waals surface area (Å²) in [5, 5.41) is 8.92. The molecule has 0 aliphatic heterocycles. The van der Waals surface area contributed by atoms with E-state index in [0.29, 0.717) is 13.0 Å². The van der Waals surface area contributed by atoms with Gasteiger partial charge in [-0.3, -0.25) is 18.6 Å². The van der Waals surface area contributed by atoms with Gasteiger partial charge in [-0.15, -0.1) is 0 Å². The van der Waals surface area contributed by atoms with Gasteiger partial charge in [0, 0.05) is 13.0 Å². The molecule has 0 saturated heterocycles. The lowest BCUT2D eigenvalue weighted by molar-refractivity contribution is -0.154. The molecule has 0 saturated carbocycles. The average Bonchev–Trinajstić information content (AvgIpc) is 3.25. The van der Waals surface area contributed by atoms with E-state index in [1.165, 1.54) is 116 Å². The lowest BCUT2D eigenvalue weighted by atomic mass is 10.0. The number of esters is 1. The first-order valence-electron chi connectivity index (χ1n) is 25.2. The van der Waals surface area contributed by atoms with Gasteiger partial charge >= 0.3 is 19.8 Å². The van der Waals surface area contributed by atoms with Crippen LogP contribution in [0.1, 0.15) is 226 Å². The van der Waals surface area contributed by atoms with E-state index in [0.717, 1.165) is 83.5 Å². The molecule has 0 fully saturated rings. The van der Waals surface area contributed by atoms with E-state index in [2.05, 4.69) is 62.5 Å². The Bertz CT molecular complexity index is 1170. The summed E-state index contributed by atoms with van der Waals surface area (Å²) in [7, 11) is -4.63. The van der Waals surface area contributed by atoms with E-state index in [9.17, 15) is 19.0 Å². The van der Waals surface area contributed by atoms with Crippen molar-refractivity contribution in [3.05, 3.63) is 48.6 Å². The van der Waals surface area contributed by atoms with Gasteiger partial charge in [0.1, 0.15) is 12.1 Å². The van der Waals surface area contributed by atoms with Crippen molar-refractivity contribution in [1.82, 2.24) is 0 Å². The van der Waals surface area contributed by atoms with Gasteiger partial charge in [-0.25, -0.2) is 4.57 Å². The van der Waals surface area contributed by atoms with Gasteiger partial charge in [0.05, 0.1) is 19.8 Å². The van der Waals surface area contributed by atoms with Crippen LogP contribution < -0.4 is 5.73 Å². The zero-order valence-electron chi connectivity index (χ0n) is 39.7. The number of hydrogen-bond donors (Lipinski definition) is 3. The number of phosphoric acid groups is 1. The van der Waals surface area contributed by atoms with Crippen molar-refractivity contribution in [3.8, 4) is 0 Å². The van der Waals surface area contributed by atoms with Crippen molar-refractivity contribution in [3.63, 3.8) is 0 Å². The Morgan fingerprint density at radius 2 is 0.935 bits per heavy atom. The molecule has 0 spiro atoms. The Labute approximate surface area is 379 Å². The van der Waals surface area contributed by atoms with Crippen molar-refractivity contribution < 1.29 is 42.7 Å². The Kier molecular flexibility index (Phi) is 45.3. The predicted octanol–water partition coefficient (Wildman–Crippen LogP) is 14.6. The van der Waals surface area contributed by atoms with Crippen molar-refractivity contribution >= 4 is 19.8 Å². The van der Waals surface area contributed by atoms with E-state index in [1.54, 1.807) is 0 Å². The number of carbonyl (C=O) groups is 2. The molecule has 4 N–H and O–H groups in total. The van der Waals surface area contributed by atoms with Crippen LogP contribution in [0.25, 0.3) is 0 Å². The molecule has 62 heavy (non-hydrogen) atoms. The molecule has 0 aromatic heterocycles. The number of nitrogens with two attached hydrogens (primary N) is 1. The Balaban J connectivity index is 4.15. The summed E-state index contributed by atoms with van der Waals surface area (Å²) in [6, 6.07) is -1.48. The van der Waals surface area contributed by atoms with Crippen LogP contribution in [0, 0.1) is 0 Å². The largest absolute Gasteiger partial charge is 0.480 e. The van der Waals surface area contributed by atoms with Crippen molar-refractivity contribution in [2.75, 3.05) is 26.4 Å². The minimum Gasteiger partial charge on any atom is -0.480 e. The molecule has 0 radical (unpaired) electrons. The van der Waals surface area contributed by atoms with Gasteiger partial charge < -0.3 is 25.2 Å². The summed E-state index contributed by atoms with van der Waals surface area (Å²) in [4.78, 5) is 33.7. The number of aliphatic carboxylic acids is 1. The normalized spacial score (nSPS) is 14.1. The summed E-state index contributed by atoms with van der Waals surface area (Å²) in [5.41, 5.74) is 5.37. The molecule has 11 heteroatoms. The molecule has 0 rings (SSSR count). The fourth-order valence-corrected chi connectivity index (χ4v) is 7.79. The molecule has 0 aromatic rings. The van der Waals surface area contributed by atoms with Gasteiger partial charge in [0.15, 0.2) is 0 Å². The predicted molar refractivity (Wildman–Crippen MR) is 258 cm³/mol. The highest BCUT2D eigenvalue weighted by atomic mass is 31.2. The fourth-order valence-electron chi connectivity index (χ4n) is 7.01. The molecule has 0 heterocycles. The summed E-state index contributed by atoms with van der Waals surface area (Å²) < 4.78 is 33.5. The maximum absolute atomic E-state index is 12.7. The molecule has 3 atom stereocenters. The molecular weight excluding hydrogens is 802 g/mol. The smallest absolute Gasteiger partial charge is 0.472 e. The highest BCUT2D eigenvalue weighted by Gasteiger charge is 2.27. The van der Waals surface area contributed by atoms with Crippen molar-refractivity contribution in [1.29, 1.82) is 0 Å². The molecular formula is C51H94NO9P. The number of hydrogen-bond acceptors (Lipinski definition) is 8. The molecule has 10 nitrogen and oxygen atoms in total. The zero-order valence-corrected chi connectivity index (χ0v) is 40.6. The van der Waals surface area contributed by atoms with E-state index in [1.807, 2.05) is 0 Å². The van der Waals surface area contributed by atoms with Crippen molar-refractivity contribution in [2.45, 2.75) is 238 Å². The summed E-state index contributed by atoms with van der Waals surface area (Å²) in [6.07, 6.45) is 56.0. The minimum absolute atomic E-state index is 0.0127. The number of carboxylic acids is 1. The average molecular weight is 896 g/mol. The monoisotopic (exact) mass is 896 g/mol. The van der Waals surface area contributed by atoms with Crippen LogP contribution in [0.5, 0.6) is 0 Å². The molecule has 0 aliphatic rings. The molecule has 0 bridgehead atoms. The second kappa shape index (κ2) is 46.9. The molecule has 362 valence electrons. The summed E-state index contributed by atoms with van der Waals surface area (Å²) in [6.45, 7) is 3.79. The third-order valence-electron chi connectivity index (χ3n) is 10.9. The minimum atomic E-state index is -4.63. The SMILES string of the molecule is CC/C=C\C/C=C\C/C=C\C/C=C\CCCCCCCCC(=O)OC(COCCCCCCCCCCCCCCCCCCCCCCC)COP(=O)(O)OCC(N)C(=O)O. The summed E-state index contributed by atoms with van der Waals surface area (Å²) in [5.74, 6) is -1.79. The van der Waals surface area contributed by atoms with Crippen LogP contribution in [-0.2, 0) is 32.7 Å². The lowest BCUT2D eigenvalue weighted by Crippen LogP contribution is -2.34. The molecule has 3 unspecified atom stereocenters. The summed E-state index contributed by atoms with van der Waals surface area (Å²) >= 11 is 0. The van der Waals surface area contributed by atoms with Crippen LogP contribution in [0.2, 0.25) is 0 Å². The highest BCUT2D eigenvalue weighted by Crippen LogP contribution is 2.43. The second-order valence-electron chi connectivity index (χ2n) is 16.9. The van der Waals surface area contributed by atoms with Crippen LogP contribution in [-0.4, -0.2) is 60.5 Å². The van der Waals surface area contributed by atoms with Gasteiger partial charge in [-0.05, 0) is 51.4 Å². The quantitative estimate of drug-likeness (QED) is 0.0233. The van der Waals surface area contributed by atoms with Gasteiger partial charge in [0.2, 0.25) is 0 Å². The first-order chi connectivity index (χ1) is 30.2. The third-order valence-corrected chi connectivity index (χ3v) is 11.8. The number of carbonyl (C=O) groups excluding carboxylic acids is 1.